The predicted molar refractivity (Wildman–Crippen MR) is 79.5 cm³/mol. The molecule has 0 aliphatic heterocycles. The van der Waals surface area contributed by atoms with Gasteiger partial charge in [0.1, 0.15) is 6.04 Å². The van der Waals surface area contributed by atoms with Crippen molar-refractivity contribution < 1.29 is 9.90 Å². The van der Waals surface area contributed by atoms with Crippen LogP contribution < -0.4 is 0 Å². The van der Waals surface area contributed by atoms with Crippen molar-refractivity contribution in [3.63, 3.8) is 0 Å². The van der Waals surface area contributed by atoms with Crippen LogP contribution in [-0.2, 0) is 11.3 Å². The van der Waals surface area contributed by atoms with Crippen molar-refractivity contribution in [2.75, 3.05) is 7.05 Å². The molecule has 3 heteroatoms. The van der Waals surface area contributed by atoms with Crippen molar-refractivity contribution in [1.29, 1.82) is 0 Å². The number of likely N-dealkylation sites (N-methyl/N-ethyl adjacent to an activating group) is 1. The Hall–Kier alpha value is -2.13. The fraction of sp³-hybridized carbons (Fsp3) is 0.235. The third-order valence-electron chi connectivity index (χ3n) is 3.47. The summed E-state index contributed by atoms with van der Waals surface area (Å²) in [5.74, 6) is -0.827. The van der Waals surface area contributed by atoms with Crippen LogP contribution in [0, 0.1) is 6.92 Å². The first-order valence-corrected chi connectivity index (χ1v) is 6.62. The number of rotatable bonds is 5. The second kappa shape index (κ2) is 6.35. The molecule has 0 radical (unpaired) electrons. The fourth-order valence-electron chi connectivity index (χ4n) is 2.37. The number of carboxylic acids is 1. The van der Waals surface area contributed by atoms with E-state index >= 15 is 0 Å². The van der Waals surface area contributed by atoms with Crippen LogP contribution in [0.3, 0.4) is 0 Å². The van der Waals surface area contributed by atoms with Crippen LogP contribution in [0.2, 0.25) is 0 Å². The molecule has 0 heterocycles. The van der Waals surface area contributed by atoms with Gasteiger partial charge in [-0.1, -0.05) is 54.6 Å². The van der Waals surface area contributed by atoms with Gasteiger partial charge in [-0.15, -0.1) is 0 Å². The molecule has 0 fully saturated rings. The van der Waals surface area contributed by atoms with E-state index in [1.807, 2.05) is 73.5 Å². The largest absolute Gasteiger partial charge is 0.480 e. The van der Waals surface area contributed by atoms with Crippen LogP contribution in [0.4, 0.5) is 0 Å². The van der Waals surface area contributed by atoms with E-state index in [0.29, 0.717) is 6.54 Å². The molecule has 0 amide bonds. The van der Waals surface area contributed by atoms with Crippen molar-refractivity contribution in [3.8, 4) is 0 Å². The van der Waals surface area contributed by atoms with Crippen LogP contribution >= 0.6 is 0 Å². The molecular weight excluding hydrogens is 250 g/mol. The highest BCUT2D eigenvalue weighted by Crippen LogP contribution is 2.22. The van der Waals surface area contributed by atoms with Crippen molar-refractivity contribution in [2.24, 2.45) is 0 Å². The minimum Gasteiger partial charge on any atom is -0.480 e. The Bertz CT molecular complexity index is 581. The molecule has 20 heavy (non-hydrogen) atoms. The van der Waals surface area contributed by atoms with Crippen LogP contribution in [-0.4, -0.2) is 23.0 Å². The molecule has 0 saturated heterocycles. The van der Waals surface area contributed by atoms with Gasteiger partial charge >= 0.3 is 5.97 Å². The van der Waals surface area contributed by atoms with Gasteiger partial charge in [0.15, 0.2) is 0 Å². The maximum Gasteiger partial charge on any atom is 0.325 e. The number of hydrogen-bond acceptors (Lipinski definition) is 2. The van der Waals surface area contributed by atoms with Crippen LogP contribution in [0.15, 0.2) is 54.6 Å². The van der Waals surface area contributed by atoms with Gasteiger partial charge < -0.3 is 5.11 Å². The summed E-state index contributed by atoms with van der Waals surface area (Å²) in [5.41, 5.74) is 3.13. The third-order valence-corrected chi connectivity index (χ3v) is 3.47. The first kappa shape index (κ1) is 14.3. The normalized spacial score (nSPS) is 12.3. The number of aryl methyl sites for hydroxylation is 1. The van der Waals surface area contributed by atoms with E-state index in [9.17, 15) is 9.90 Å². The van der Waals surface area contributed by atoms with E-state index in [2.05, 4.69) is 0 Å². The summed E-state index contributed by atoms with van der Waals surface area (Å²) in [6, 6.07) is 16.8. The molecule has 104 valence electrons. The van der Waals surface area contributed by atoms with Gasteiger partial charge in [0.2, 0.25) is 0 Å². The monoisotopic (exact) mass is 269 g/mol. The standard InChI is InChI=1S/C17H19NO2/c1-13-8-6-7-11-15(13)12-18(2)16(17(19)20)14-9-4-3-5-10-14/h3-11,16H,12H2,1-2H3,(H,19,20). The molecule has 0 bridgehead atoms. The quantitative estimate of drug-likeness (QED) is 0.905. The number of benzene rings is 2. The molecule has 2 aromatic carbocycles. The average Bonchev–Trinajstić information content (AvgIpc) is 2.42. The zero-order valence-electron chi connectivity index (χ0n) is 11.8. The molecule has 1 atom stereocenters. The Morgan fingerprint density at radius 1 is 1.10 bits per heavy atom. The van der Waals surface area contributed by atoms with Gasteiger partial charge in [-0.25, -0.2) is 0 Å². The topological polar surface area (TPSA) is 40.5 Å². The minimum absolute atomic E-state index is 0.610. The Labute approximate surface area is 119 Å². The maximum absolute atomic E-state index is 11.6. The zero-order chi connectivity index (χ0) is 14.5. The fourth-order valence-corrected chi connectivity index (χ4v) is 2.37. The number of aliphatic carboxylic acids is 1. The van der Waals surface area contributed by atoms with Gasteiger partial charge in [-0.3, -0.25) is 9.69 Å². The van der Waals surface area contributed by atoms with E-state index in [1.54, 1.807) is 0 Å². The molecule has 0 spiro atoms. The van der Waals surface area contributed by atoms with Gasteiger partial charge in [0.25, 0.3) is 0 Å². The number of carboxylic acid groups (broad SMARTS) is 1. The molecule has 0 saturated carbocycles. The lowest BCUT2D eigenvalue weighted by molar-refractivity contribution is -0.143. The molecule has 3 nitrogen and oxygen atoms in total. The highest BCUT2D eigenvalue weighted by Gasteiger charge is 2.24. The Morgan fingerprint density at radius 3 is 2.30 bits per heavy atom. The first-order chi connectivity index (χ1) is 9.59. The Kier molecular flexibility index (Phi) is 4.53. The van der Waals surface area contributed by atoms with Crippen molar-refractivity contribution in [1.82, 2.24) is 4.90 Å². The van der Waals surface area contributed by atoms with E-state index in [-0.39, 0.29) is 0 Å². The summed E-state index contributed by atoms with van der Waals surface area (Å²) in [7, 11) is 1.85. The van der Waals surface area contributed by atoms with Crippen molar-refractivity contribution in [2.45, 2.75) is 19.5 Å². The highest BCUT2D eigenvalue weighted by atomic mass is 16.4. The molecule has 1 unspecified atom stereocenters. The number of nitrogens with zero attached hydrogens (tertiary/aromatic N) is 1. The molecule has 0 aromatic heterocycles. The van der Waals surface area contributed by atoms with E-state index in [4.69, 9.17) is 0 Å². The SMILES string of the molecule is Cc1ccccc1CN(C)C(C(=O)O)c1ccccc1. The maximum atomic E-state index is 11.6. The minimum atomic E-state index is -0.827. The van der Waals surface area contributed by atoms with Gasteiger partial charge in [0.05, 0.1) is 0 Å². The third kappa shape index (κ3) is 3.25. The average molecular weight is 269 g/mol. The van der Waals surface area contributed by atoms with Crippen LogP contribution in [0.5, 0.6) is 0 Å². The zero-order valence-corrected chi connectivity index (χ0v) is 11.8. The smallest absolute Gasteiger partial charge is 0.325 e. The molecular formula is C17H19NO2. The lowest BCUT2D eigenvalue weighted by atomic mass is 10.0. The first-order valence-electron chi connectivity index (χ1n) is 6.62. The molecule has 0 aliphatic rings. The summed E-state index contributed by atoms with van der Waals surface area (Å²) in [5, 5.41) is 9.50. The van der Waals surface area contributed by atoms with E-state index in [1.165, 1.54) is 5.56 Å². The summed E-state index contributed by atoms with van der Waals surface area (Å²) in [4.78, 5) is 13.4. The van der Waals surface area contributed by atoms with Crippen molar-refractivity contribution in [3.05, 3.63) is 71.3 Å². The van der Waals surface area contributed by atoms with E-state index in [0.717, 1.165) is 11.1 Å². The predicted octanol–water partition coefficient (Wildman–Crippen LogP) is 3.25. The summed E-state index contributed by atoms with van der Waals surface area (Å²) < 4.78 is 0. The molecule has 2 rings (SSSR count). The van der Waals surface area contributed by atoms with Crippen molar-refractivity contribution >= 4 is 5.97 Å². The molecule has 1 N–H and O–H groups in total. The summed E-state index contributed by atoms with van der Waals surface area (Å²) >= 11 is 0. The second-order valence-corrected chi connectivity index (χ2v) is 4.99. The lowest BCUT2D eigenvalue weighted by Gasteiger charge is -2.25. The summed E-state index contributed by atoms with van der Waals surface area (Å²) in [6.07, 6.45) is 0. The van der Waals surface area contributed by atoms with E-state index < -0.39 is 12.0 Å². The lowest BCUT2D eigenvalue weighted by Crippen LogP contribution is -2.30. The number of carbonyl (C=O) groups is 1. The second-order valence-electron chi connectivity index (χ2n) is 4.99. The van der Waals surface area contributed by atoms with Crippen LogP contribution in [0.1, 0.15) is 22.7 Å². The summed E-state index contributed by atoms with van der Waals surface area (Å²) in [6.45, 7) is 2.65. The van der Waals surface area contributed by atoms with Gasteiger partial charge in [0, 0.05) is 6.54 Å². The Balaban J connectivity index is 2.23. The van der Waals surface area contributed by atoms with Crippen LogP contribution in [0.25, 0.3) is 0 Å². The molecule has 0 aliphatic carbocycles. The molecule has 2 aromatic rings. The Morgan fingerprint density at radius 2 is 1.70 bits per heavy atom. The van der Waals surface area contributed by atoms with Gasteiger partial charge in [-0.05, 0) is 30.7 Å². The highest BCUT2D eigenvalue weighted by molar-refractivity contribution is 5.75. The number of hydrogen-bond donors (Lipinski definition) is 1. The van der Waals surface area contributed by atoms with Gasteiger partial charge in [-0.2, -0.15) is 0 Å².